The molecule has 2 heterocycles. The third-order valence-corrected chi connectivity index (χ3v) is 6.03. The van der Waals surface area contributed by atoms with E-state index in [0.29, 0.717) is 21.9 Å². The largest absolute Gasteiger partial charge is 0.618 e. The van der Waals surface area contributed by atoms with Crippen LogP contribution in [0.25, 0.3) is 11.4 Å². The molecule has 5 aromatic rings. The van der Waals surface area contributed by atoms with Crippen LogP contribution < -0.4 is 24.8 Å². The van der Waals surface area contributed by atoms with E-state index in [4.69, 9.17) is 24.6 Å². The van der Waals surface area contributed by atoms with Crippen LogP contribution in [-0.4, -0.2) is 12.3 Å². The van der Waals surface area contributed by atoms with Crippen LogP contribution in [0.1, 0.15) is 28.6 Å². The molecule has 5 rings (SSSR count). The van der Waals surface area contributed by atoms with Crippen molar-refractivity contribution in [1.82, 2.24) is 5.16 Å². The standard InChI is InChI=1S/C30H27N3O6/c1-35-24-14-12-21(13-15-24)19-36-29-18-33(34)27(26-16-25(20-37-31)39-32-26)17-28(29)38-30(22-8-4-2-5-9-22)23-10-6-3-7-11-23/h2-18,30H,19-20,31H2,1H3. The summed E-state index contributed by atoms with van der Waals surface area (Å²) in [6, 6.07) is 30.3. The summed E-state index contributed by atoms with van der Waals surface area (Å²) in [5.74, 6) is 6.90. The van der Waals surface area contributed by atoms with Crippen LogP contribution in [0.3, 0.4) is 0 Å². The van der Waals surface area contributed by atoms with Crippen molar-refractivity contribution in [1.29, 1.82) is 0 Å². The third kappa shape index (κ3) is 6.18. The van der Waals surface area contributed by atoms with Gasteiger partial charge in [0, 0.05) is 6.07 Å². The molecule has 3 aromatic carbocycles. The molecule has 0 saturated carbocycles. The van der Waals surface area contributed by atoms with Gasteiger partial charge in [-0.3, -0.25) is 4.84 Å². The van der Waals surface area contributed by atoms with Gasteiger partial charge >= 0.3 is 0 Å². The zero-order chi connectivity index (χ0) is 27.0. The Morgan fingerprint density at radius 1 is 0.872 bits per heavy atom. The number of pyridine rings is 1. The second-order valence-corrected chi connectivity index (χ2v) is 8.66. The maximum Gasteiger partial charge on any atom is 0.249 e. The summed E-state index contributed by atoms with van der Waals surface area (Å²) in [5, 5.41) is 17.1. The molecule has 198 valence electrons. The molecule has 0 aliphatic rings. The molecule has 0 aliphatic carbocycles. The summed E-state index contributed by atoms with van der Waals surface area (Å²) in [6.07, 6.45) is 0.860. The zero-order valence-corrected chi connectivity index (χ0v) is 21.2. The fraction of sp³-hybridized carbons (Fsp3) is 0.133. The Balaban J connectivity index is 1.53. The highest BCUT2D eigenvalue weighted by molar-refractivity contribution is 5.55. The predicted octanol–water partition coefficient (Wildman–Crippen LogP) is 5.12. The Hall–Kier alpha value is -4.86. The molecule has 9 heteroatoms. The minimum absolute atomic E-state index is 0.0162. The number of nitrogens with zero attached hydrogens (tertiary/aromatic N) is 2. The van der Waals surface area contributed by atoms with Crippen LogP contribution in [0.4, 0.5) is 0 Å². The number of ether oxygens (including phenoxy) is 3. The van der Waals surface area contributed by atoms with Crippen molar-refractivity contribution in [3.63, 3.8) is 0 Å². The minimum Gasteiger partial charge on any atom is -0.618 e. The van der Waals surface area contributed by atoms with E-state index in [9.17, 15) is 5.21 Å². The predicted molar refractivity (Wildman–Crippen MR) is 143 cm³/mol. The van der Waals surface area contributed by atoms with Crippen molar-refractivity contribution >= 4 is 0 Å². The molecular weight excluding hydrogens is 498 g/mol. The second-order valence-electron chi connectivity index (χ2n) is 8.66. The first-order valence-electron chi connectivity index (χ1n) is 12.2. The molecule has 0 atom stereocenters. The maximum atomic E-state index is 13.1. The van der Waals surface area contributed by atoms with Crippen LogP contribution in [0.2, 0.25) is 0 Å². The Morgan fingerprint density at radius 2 is 1.54 bits per heavy atom. The Kier molecular flexibility index (Phi) is 8.01. The molecule has 0 spiro atoms. The lowest BCUT2D eigenvalue weighted by Gasteiger charge is -2.22. The first-order chi connectivity index (χ1) is 19.1. The molecule has 2 N–H and O–H groups in total. The Morgan fingerprint density at radius 3 is 2.15 bits per heavy atom. The topological polar surface area (TPSA) is 116 Å². The van der Waals surface area contributed by atoms with Gasteiger partial charge < -0.3 is 23.9 Å². The number of aromatic nitrogens is 2. The van der Waals surface area contributed by atoms with E-state index in [0.717, 1.165) is 22.4 Å². The molecule has 0 saturated heterocycles. The van der Waals surface area contributed by atoms with E-state index < -0.39 is 6.10 Å². The van der Waals surface area contributed by atoms with Gasteiger partial charge in [-0.1, -0.05) is 78.0 Å². The van der Waals surface area contributed by atoms with Crippen LogP contribution in [0, 0.1) is 5.21 Å². The van der Waals surface area contributed by atoms with Crippen molar-refractivity contribution in [2.45, 2.75) is 19.3 Å². The summed E-state index contributed by atoms with van der Waals surface area (Å²) < 4.78 is 23.9. The third-order valence-electron chi connectivity index (χ3n) is 6.03. The molecule has 0 amide bonds. The van der Waals surface area contributed by atoms with Crippen molar-refractivity contribution < 1.29 is 28.3 Å². The van der Waals surface area contributed by atoms with E-state index in [1.165, 1.54) is 6.20 Å². The maximum absolute atomic E-state index is 13.1. The first kappa shape index (κ1) is 25.8. The van der Waals surface area contributed by atoms with Crippen molar-refractivity contribution in [3.05, 3.63) is 131 Å². The molecule has 39 heavy (non-hydrogen) atoms. The zero-order valence-electron chi connectivity index (χ0n) is 21.2. The summed E-state index contributed by atoms with van der Waals surface area (Å²) in [5.41, 5.74) is 3.30. The number of nitrogens with two attached hydrogens (primary N) is 1. The van der Waals surface area contributed by atoms with Gasteiger partial charge in [0.15, 0.2) is 17.2 Å². The summed E-state index contributed by atoms with van der Waals surface area (Å²) >= 11 is 0. The monoisotopic (exact) mass is 525 g/mol. The van der Waals surface area contributed by atoms with Crippen LogP contribution in [0.15, 0.2) is 108 Å². The lowest BCUT2D eigenvalue weighted by Crippen LogP contribution is -2.29. The number of hydrogen-bond donors (Lipinski definition) is 1. The summed E-state index contributed by atoms with van der Waals surface area (Å²) in [6.45, 7) is 0.228. The number of methoxy groups -OCH3 is 1. The number of rotatable bonds is 11. The van der Waals surface area contributed by atoms with E-state index >= 15 is 0 Å². The Labute approximate surface area is 225 Å². The highest BCUT2D eigenvalue weighted by atomic mass is 16.6. The molecule has 0 aliphatic heterocycles. The van der Waals surface area contributed by atoms with Gasteiger partial charge in [-0.05, 0) is 28.8 Å². The smallest absolute Gasteiger partial charge is 0.249 e. The SMILES string of the molecule is COc1ccc(COc2c[n+]([O-])c(-c3cc(CON)on3)cc2OC(c2ccccc2)c2ccccc2)cc1. The van der Waals surface area contributed by atoms with Crippen LogP contribution >= 0.6 is 0 Å². The normalized spacial score (nSPS) is 10.9. The Bertz CT molecular complexity index is 1450. The van der Waals surface area contributed by atoms with Gasteiger partial charge in [0.05, 0.1) is 13.2 Å². The number of benzene rings is 3. The van der Waals surface area contributed by atoms with Crippen molar-refractivity contribution in [2.24, 2.45) is 5.90 Å². The van der Waals surface area contributed by atoms with Gasteiger partial charge in [0.25, 0.3) is 0 Å². The van der Waals surface area contributed by atoms with Gasteiger partial charge in [0.1, 0.15) is 25.1 Å². The van der Waals surface area contributed by atoms with Crippen molar-refractivity contribution in [2.75, 3.05) is 7.11 Å². The first-order valence-corrected chi connectivity index (χ1v) is 12.2. The van der Waals surface area contributed by atoms with Gasteiger partial charge in [-0.2, -0.15) is 4.73 Å². The van der Waals surface area contributed by atoms with Gasteiger partial charge in [-0.15, -0.1) is 0 Å². The van der Waals surface area contributed by atoms with Crippen LogP contribution in [-0.2, 0) is 18.1 Å². The molecule has 0 unspecified atom stereocenters. The lowest BCUT2D eigenvalue weighted by molar-refractivity contribution is -0.594. The minimum atomic E-state index is -0.468. The molecule has 0 radical (unpaired) electrons. The van der Waals surface area contributed by atoms with Crippen molar-refractivity contribution in [3.8, 4) is 28.6 Å². The molecule has 0 bridgehead atoms. The molecule has 0 fully saturated rings. The van der Waals surface area contributed by atoms with Gasteiger partial charge in [-0.25, -0.2) is 5.90 Å². The average Bonchev–Trinajstić information content (AvgIpc) is 3.45. The van der Waals surface area contributed by atoms with E-state index in [1.807, 2.05) is 84.9 Å². The molecule has 9 nitrogen and oxygen atoms in total. The number of hydrogen-bond acceptors (Lipinski definition) is 8. The quantitative estimate of drug-likeness (QED) is 0.144. The highest BCUT2D eigenvalue weighted by Gasteiger charge is 2.24. The second kappa shape index (κ2) is 12.1. The van der Waals surface area contributed by atoms with E-state index in [2.05, 4.69) is 9.99 Å². The highest BCUT2D eigenvalue weighted by Crippen LogP contribution is 2.36. The van der Waals surface area contributed by atoms with E-state index in [1.54, 1.807) is 19.2 Å². The molecular formula is C30H27N3O6. The summed E-state index contributed by atoms with van der Waals surface area (Å²) in [7, 11) is 1.61. The molecule has 2 aromatic heterocycles. The summed E-state index contributed by atoms with van der Waals surface area (Å²) in [4.78, 5) is 4.62. The van der Waals surface area contributed by atoms with E-state index in [-0.39, 0.29) is 24.7 Å². The fourth-order valence-electron chi connectivity index (χ4n) is 4.06. The van der Waals surface area contributed by atoms with Gasteiger partial charge in [0.2, 0.25) is 17.6 Å². The fourth-order valence-corrected chi connectivity index (χ4v) is 4.06. The average molecular weight is 526 g/mol. The lowest BCUT2D eigenvalue weighted by atomic mass is 10.0. The van der Waals surface area contributed by atoms with Crippen LogP contribution in [0.5, 0.6) is 17.2 Å².